The van der Waals surface area contributed by atoms with Crippen molar-refractivity contribution in [1.29, 1.82) is 0 Å². The molecule has 0 aliphatic heterocycles. The molecule has 0 radical (unpaired) electrons. The van der Waals surface area contributed by atoms with Crippen LogP contribution in [0, 0.1) is 18.6 Å². The second-order valence-electron chi connectivity index (χ2n) is 4.51. The third-order valence-electron chi connectivity index (χ3n) is 3.25. The van der Waals surface area contributed by atoms with Crippen molar-refractivity contribution in [1.82, 2.24) is 14.6 Å². The largest absolute Gasteiger partial charge is 0.383 e. The molecule has 0 saturated heterocycles. The number of benzene rings is 1. The van der Waals surface area contributed by atoms with Crippen LogP contribution < -0.4 is 0 Å². The van der Waals surface area contributed by atoms with E-state index in [-0.39, 0.29) is 11.1 Å². The molecular formula is C14H11F2N3O. The van der Waals surface area contributed by atoms with Crippen molar-refractivity contribution in [2.24, 2.45) is 0 Å². The molecule has 20 heavy (non-hydrogen) atoms. The molecule has 0 bridgehead atoms. The second kappa shape index (κ2) is 4.64. The monoisotopic (exact) mass is 275 g/mol. The van der Waals surface area contributed by atoms with Crippen LogP contribution in [0.4, 0.5) is 8.78 Å². The van der Waals surface area contributed by atoms with Crippen molar-refractivity contribution in [3.63, 3.8) is 0 Å². The Hall–Kier alpha value is -2.34. The normalized spacial score (nSPS) is 12.8. The number of fused-ring (bicyclic) bond motifs is 1. The Morgan fingerprint density at radius 2 is 1.95 bits per heavy atom. The number of aryl methyl sites for hydroxylation is 1. The lowest BCUT2D eigenvalue weighted by molar-refractivity contribution is 0.214. The van der Waals surface area contributed by atoms with Crippen LogP contribution in [-0.4, -0.2) is 19.7 Å². The maximum Gasteiger partial charge on any atom is 0.165 e. The highest BCUT2D eigenvalue weighted by molar-refractivity contribution is 5.55. The summed E-state index contributed by atoms with van der Waals surface area (Å²) in [5, 5.41) is 14.3. The SMILES string of the molecule is Cc1ccc(C(O)c2cnn3ccncc23)c(F)c1F. The topological polar surface area (TPSA) is 50.4 Å². The second-order valence-corrected chi connectivity index (χ2v) is 4.51. The molecule has 6 heteroatoms. The first kappa shape index (κ1) is 12.7. The number of halogens is 2. The van der Waals surface area contributed by atoms with Crippen molar-refractivity contribution in [2.75, 3.05) is 0 Å². The summed E-state index contributed by atoms with van der Waals surface area (Å²) in [6.07, 6.45) is 4.78. The van der Waals surface area contributed by atoms with Crippen LogP contribution in [0.1, 0.15) is 22.8 Å². The van der Waals surface area contributed by atoms with Gasteiger partial charge in [0.2, 0.25) is 0 Å². The zero-order chi connectivity index (χ0) is 14.3. The molecule has 4 nitrogen and oxygen atoms in total. The lowest BCUT2D eigenvalue weighted by atomic mass is 10.0. The third-order valence-corrected chi connectivity index (χ3v) is 3.25. The van der Waals surface area contributed by atoms with E-state index in [1.165, 1.54) is 36.0 Å². The molecule has 2 heterocycles. The van der Waals surface area contributed by atoms with Gasteiger partial charge in [-0.15, -0.1) is 0 Å². The van der Waals surface area contributed by atoms with Gasteiger partial charge in [-0.25, -0.2) is 13.3 Å². The number of aliphatic hydroxyl groups is 1. The summed E-state index contributed by atoms with van der Waals surface area (Å²) in [4.78, 5) is 3.94. The summed E-state index contributed by atoms with van der Waals surface area (Å²) in [5.74, 6) is -1.99. The molecule has 0 fully saturated rings. The van der Waals surface area contributed by atoms with Crippen molar-refractivity contribution in [2.45, 2.75) is 13.0 Å². The van der Waals surface area contributed by atoms with E-state index in [0.29, 0.717) is 11.1 Å². The van der Waals surface area contributed by atoms with E-state index in [1.54, 1.807) is 12.4 Å². The fraction of sp³-hybridized carbons (Fsp3) is 0.143. The molecule has 0 aliphatic rings. The Morgan fingerprint density at radius 1 is 1.15 bits per heavy atom. The van der Waals surface area contributed by atoms with Gasteiger partial charge in [0.1, 0.15) is 6.10 Å². The van der Waals surface area contributed by atoms with Crippen molar-refractivity contribution in [3.05, 3.63) is 65.2 Å². The van der Waals surface area contributed by atoms with E-state index in [2.05, 4.69) is 10.1 Å². The molecule has 1 N–H and O–H groups in total. The van der Waals surface area contributed by atoms with Crippen LogP contribution in [-0.2, 0) is 0 Å². The molecule has 0 aliphatic carbocycles. The summed E-state index contributed by atoms with van der Waals surface area (Å²) < 4.78 is 29.0. The van der Waals surface area contributed by atoms with Gasteiger partial charge in [0.05, 0.1) is 17.9 Å². The van der Waals surface area contributed by atoms with Gasteiger partial charge in [-0.05, 0) is 12.5 Å². The Balaban J connectivity index is 2.13. The summed E-state index contributed by atoms with van der Waals surface area (Å²) in [5.41, 5.74) is 0.993. The molecule has 3 rings (SSSR count). The van der Waals surface area contributed by atoms with Gasteiger partial charge in [-0.3, -0.25) is 4.98 Å². The Kier molecular flexibility index (Phi) is 2.94. The Labute approximate surface area is 113 Å². The molecule has 0 saturated carbocycles. The number of aliphatic hydroxyl groups excluding tert-OH is 1. The number of aromatic nitrogens is 3. The number of rotatable bonds is 2. The van der Waals surface area contributed by atoms with Gasteiger partial charge in [0, 0.05) is 23.5 Å². The van der Waals surface area contributed by atoms with Gasteiger partial charge in [0.25, 0.3) is 0 Å². The van der Waals surface area contributed by atoms with Gasteiger partial charge >= 0.3 is 0 Å². The minimum absolute atomic E-state index is 0.119. The third kappa shape index (κ3) is 1.85. The van der Waals surface area contributed by atoms with E-state index in [4.69, 9.17) is 0 Å². The standard InChI is InChI=1S/C14H11F2N3O/c1-8-2-3-9(13(16)12(8)15)14(20)10-6-18-19-5-4-17-7-11(10)19/h2-7,14,20H,1H3. The molecule has 1 atom stereocenters. The Bertz CT molecular complexity index is 785. The minimum atomic E-state index is -1.30. The van der Waals surface area contributed by atoms with Crippen molar-refractivity contribution in [3.8, 4) is 0 Å². The van der Waals surface area contributed by atoms with Crippen molar-refractivity contribution < 1.29 is 13.9 Å². The molecule has 102 valence electrons. The van der Waals surface area contributed by atoms with Gasteiger partial charge < -0.3 is 5.11 Å². The van der Waals surface area contributed by atoms with Crippen LogP contribution in [0.3, 0.4) is 0 Å². The summed E-state index contributed by atoms with van der Waals surface area (Å²) >= 11 is 0. The summed E-state index contributed by atoms with van der Waals surface area (Å²) in [6.45, 7) is 1.47. The highest BCUT2D eigenvalue weighted by atomic mass is 19.2. The molecule has 3 aromatic rings. The smallest absolute Gasteiger partial charge is 0.165 e. The van der Waals surface area contributed by atoms with Gasteiger partial charge in [0.15, 0.2) is 11.6 Å². The first-order chi connectivity index (χ1) is 9.59. The molecule has 2 aromatic heterocycles. The van der Waals surface area contributed by atoms with E-state index >= 15 is 0 Å². The zero-order valence-corrected chi connectivity index (χ0v) is 10.6. The number of hydrogen-bond donors (Lipinski definition) is 1. The van der Waals surface area contributed by atoms with Gasteiger partial charge in [-0.2, -0.15) is 5.10 Å². The maximum atomic E-state index is 13.9. The molecule has 0 spiro atoms. The predicted molar refractivity (Wildman–Crippen MR) is 68.1 cm³/mol. The highest BCUT2D eigenvalue weighted by Gasteiger charge is 2.22. The lowest BCUT2D eigenvalue weighted by Gasteiger charge is -2.12. The Morgan fingerprint density at radius 3 is 2.75 bits per heavy atom. The average molecular weight is 275 g/mol. The van der Waals surface area contributed by atoms with Crippen LogP contribution in [0.25, 0.3) is 5.52 Å². The quantitative estimate of drug-likeness (QED) is 0.781. The maximum absolute atomic E-state index is 13.9. The molecule has 0 amide bonds. The number of hydrogen-bond acceptors (Lipinski definition) is 3. The fourth-order valence-corrected chi connectivity index (χ4v) is 2.10. The molecule has 1 aromatic carbocycles. The van der Waals surface area contributed by atoms with E-state index in [1.807, 2.05) is 0 Å². The average Bonchev–Trinajstić information content (AvgIpc) is 2.88. The minimum Gasteiger partial charge on any atom is -0.383 e. The van der Waals surface area contributed by atoms with Crippen LogP contribution in [0.15, 0.2) is 36.9 Å². The van der Waals surface area contributed by atoms with Gasteiger partial charge in [-0.1, -0.05) is 12.1 Å². The van der Waals surface area contributed by atoms with Crippen LogP contribution in [0.5, 0.6) is 0 Å². The molecule has 1 unspecified atom stereocenters. The zero-order valence-electron chi connectivity index (χ0n) is 10.6. The first-order valence-electron chi connectivity index (χ1n) is 5.99. The summed E-state index contributed by atoms with van der Waals surface area (Å²) in [7, 11) is 0. The fourth-order valence-electron chi connectivity index (χ4n) is 2.10. The van der Waals surface area contributed by atoms with Crippen LogP contribution >= 0.6 is 0 Å². The molecular weight excluding hydrogens is 264 g/mol. The first-order valence-corrected chi connectivity index (χ1v) is 5.99. The van der Waals surface area contributed by atoms with Crippen LogP contribution in [0.2, 0.25) is 0 Å². The van der Waals surface area contributed by atoms with E-state index in [0.717, 1.165) is 0 Å². The van der Waals surface area contributed by atoms with E-state index < -0.39 is 17.7 Å². The van der Waals surface area contributed by atoms with E-state index in [9.17, 15) is 13.9 Å². The highest BCUT2D eigenvalue weighted by Crippen LogP contribution is 2.29. The lowest BCUT2D eigenvalue weighted by Crippen LogP contribution is -2.05. The van der Waals surface area contributed by atoms with Crippen molar-refractivity contribution >= 4 is 5.52 Å². The number of nitrogens with zero attached hydrogens (tertiary/aromatic N) is 3. The predicted octanol–water partition coefficient (Wildman–Crippen LogP) is 2.40. The summed E-state index contributed by atoms with van der Waals surface area (Å²) in [6, 6.07) is 2.80.